The molecule has 1 fully saturated rings. The van der Waals surface area contributed by atoms with E-state index in [1.165, 1.54) is 49.8 Å². The molecule has 0 bridgehead atoms. The first-order valence-electron chi connectivity index (χ1n) is 15.3. The number of unbranched alkanes of at least 4 members (excludes halogenated alkanes) is 1. The zero-order valence-corrected chi connectivity index (χ0v) is 24.3. The van der Waals surface area contributed by atoms with Gasteiger partial charge in [-0.2, -0.15) is 4.39 Å². The Morgan fingerprint density at radius 1 is 0.780 bits per heavy atom. The van der Waals surface area contributed by atoms with Crippen molar-refractivity contribution in [2.75, 3.05) is 6.61 Å². The Hall–Kier alpha value is -3.27. The average molecular weight is 559 g/mol. The van der Waals surface area contributed by atoms with E-state index in [-0.39, 0.29) is 17.1 Å². The Morgan fingerprint density at radius 3 is 2.10 bits per heavy atom. The summed E-state index contributed by atoms with van der Waals surface area (Å²) in [5.41, 5.74) is 4.07. The lowest BCUT2D eigenvalue weighted by atomic mass is 9.71. The average Bonchev–Trinajstić information content (AvgIpc) is 3.00. The van der Waals surface area contributed by atoms with Gasteiger partial charge in [0, 0.05) is 11.1 Å². The molecule has 2 aliphatic rings. The Bertz CT molecular complexity index is 1380. The van der Waals surface area contributed by atoms with Gasteiger partial charge < -0.3 is 4.74 Å². The van der Waals surface area contributed by atoms with Crippen LogP contribution in [0.2, 0.25) is 0 Å². The number of hydrogen-bond acceptors (Lipinski definition) is 1. The smallest absolute Gasteiger partial charge is 0.201 e. The maximum atomic E-state index is 15.3. The maximum Gasteiger partial charge on any atom is 0.201 e. The van der Waals surface area contributed by atoms with Crippen molar-refractivity contribution in [1.82, 2.24) is 0 Å². The molecule has 4 heteroatoms. The molecular formula is C37H41F3O. The van der Waals surface area contributed by atoms with Gasteiger partial charge in [0.05, 0.1) is 6.61 Å². The van der Waals surface area contributed by atoms with Crippen LogP contribution < -0.4 is 4.74 Å². The third-order valence-electron chi connectivity index (χ3n) is 9.05. The summed E-state index contributed by atoms with van der Waals surface area (Å²) in [6.45, 7) is 4.47. The molecule has 3 aromatic rings. The molecule has 0 heterocycles. The van der Waals surface area contributed by atoms with Gasteiger partial charge in [0.2, 0.25) is 5.82 Å². The highest BCUT2D eigenvalue weighted by Crippen LogP contribution is 2.42. The van der Waals surface area contributed by atoms with Crippen molar-refractivity contribution >= 4 is 5.57 Å². The molecule has 41 heavy (non-hydrogen) atoms. The van der Waals surface area contributed by atoms with Crippen molar-refractivity contribution < 1.29 is 17.9 Å². The van der Waals surface area contributed by atoms with E-state index in [1.807, 2.05) is 19.1 Å². The van der Waals surface area contributed by atoms with E-state index in [4.69, 9.17) is 4.74 Å². The fraction of sp³-hybridized carbons (Fsp3) is 0.405. The van der Waals surface area contributed by atoms with Crippen molar-refractivity contribution in [3.63, 3.8) is 0 Å². The summed E-state index contributed by atoms with van der Waals surface area (Å²) in [5.74, 6) is 0.0562. The van der Waals surface area contributed by atoms with Crippen molar-refractivity contribution in [3.05, 3.63) is 95.8 Å². The zero-order valence-electron chi connectivity index (χ0n) is 24.3. The van der Waals surface area contributed by atoms with Crippen LogP contribution in [0.15, 0.2) is 72.8 Å². The van der Waals surface area contributed by atoms with Gasteiger partial charge >= 0.3 is 0 Å². The normalized spacial score (nSPS) is 21.2. The molecule has 1 saturated carbocycles. The molecule has 0 N–H and O–H groups in total. The number of allylic oxidation sites excluding steroid dienone is 4. The highest BCUT2D eigenvalue weighted by atomic mass is 19.2. The lowest BCUT2D eigenvalue weighted by Crippen LogP contribution is -2.22. The molecule has 0 spiro atoms. The summed E-state index contributed by atoms with van der Waals surface area (Å²) in [6.07, 6.45) is 17.1. The van der Waals surface area contributed by atoms with Gasteiger partial charge in [-0.25, -0.2) is 8.78 Å². The number of benzene rings is 3. The quantitative estimate of drug-likeness (QED) is 0.187. The number of ether oxygens (including phenoxy) is 1. The summed E-state index contributed by atoms with van der Waals surface area (Å²) >= 11 is 0. The molecule has 0 aromatic heterocycles. The summed E-state index contributed by atoms with van der Waals surface area (Å²) in [5, 5.41) is 0. The van der Waals surface area contributed by atoms with E-state index in [1.54, 1.807) is 30.3 Å². The minimum atomic E-state index is -0.982. The second kappa shape index (κ2) is 13.6. The van der Waals surface area contributed by atoms with Crippen molar-refractivity contribution in [2.24, 2.45) is 17.8 Å². The van der Waals surface area contributed by atoms with Gasteiger partial charge in [-0.05, 0) is 117 Å². The Labute approximate surface area is 243 Å². The van der Waals surface area contributed by atoms with Gasteiger partial charge in [0.1, 0.15) is 5.82 Å². The third kappa shape index (κ3) is 6.80. The zero-order chi connectivity index (χ0) is 28.8. The molecule has 5 rings (SSSR count). The predicted octanol–water partition coefficient (Wildman–Crippen LogP) is 11.2. The third-order valence-corrected chi connectivity index (χ3v) is 9.05. The number of halogens is 3. The summed E-state index contributed by atoms with van der Waals surface area (Å²) in [4.78, 5) is 0. The molecule has 3 aromatic carbocycles. The monoisotopic (exact) mass is 558 g/mol. The Kier molecular flexibility index (Phi) is 9.69. The van der Waals surface area contributed by atoms with Crippen LogP contribution in [-0.4, -0.2) is 6.61 Å². The molecule has 0 saturated heterocycles. The first-order chi connectivity index (χ1) is 20.0. The maximum absolute atomic E-state index is 15.3. The lowest BCUT2D eigenvalue weighted by molar-refractivity contribution is 0.212. The predicted molar refractivity (Wildman–Crippen MR) is 163 cm³/mol. The second-order valence-corrected chi connectivity index (χ2v) is 11.7. The minimum absolute atomic E-state index is 0.0747. The van der Waals surface area contributed by atoms with Crippen LogP contribution in [0.25, 0.3) is 27.8 Å². The van der Waals surface area contributed by atoms with E-state index in [9.17, 15) is 8.78 Å². The van der Waals surface area contributed by atoms with Crippen molar-refractivity contribution in [2.45, 2.75) is 71.6 Å². The van der Waals surface area contributed by atoms with Crippen molar-refractivity contribution in [3.8, 4) is 28.0 Å². The van der Waals surface area contributed by atoms with E-state index in [2.05, 4.69) is 25.2 Å². The number of rotatable bonds is 9. The van der Waals surface area contributed by atoms with E-state index < -0.39 is 11.6 Å². The van der Waals surface area contributed by atoms with Crippen LogP contribution in [0.5, 0.6) is 5.75 Å². The molecule has 0 radical (unpaired) electrons. The minimum Gasteiger partial charge on any atom is -0.490 e. The highest BCUT2D eigenvalue weighted by molar-refractivity contribution is 5.74. The van der Waals surface area contributed by atoms with Gasteiger partial charge in [-0.3, -0.25) is 0 Å². The first kappa shape index (κ1) is 29.2. The van der Waals surface area contributed by atoms with E-state index in [0.29, 0.717) is 23.3 Å². The SMILES string of the molecule is C/C=C/C1CCC(C2CC=C(c3ccc(-c4ccc(-c5ccc(OCCCC)c(F)c5F)cc4)c(F)c3)CC2)CC1. The van der Waals surface area contributed by atoms with Crippen molar-refractivity contribution in [1.29, 1.82) is 0 Å². The van der Waals surface area contributed by atoms with Gasteiger partial charge in [-0.15, -0.1) is 0 Å². The van der Waals surface area contributed by atoms with E-state index in [0.717, 1.165) is 49.0 Å². The topological polar surface area (TPSA) is 9.23 Å². The fourth-order valence-electron chi connectivity index (χ4n) is 6.60. The molecule has 216 valence electrons. The number of hydrogen-bond donors (Lipinski definition) is 0. The second-order valence-electron chi connectivity index (χ2n) is 11.7. The van der Waals surface area contributed by atoms with Crippen LogP contribution >= 0.6 is 0 Å². The van der Waals surface area contributed by atoms with Crippen LogP contribution in [0.1, 0.15) is 77.2 Å². The standard InChI is InChI=1S/C37H41F3O/c1-3-5-23-41-35-22-21-33(36(39)37(35)40)30-17-15-29(16-18-30)32-20-19-31(24-34(32)38)28-13-11-27(12-14-28)26-9-7-25(6-4-2)8-10-26/h4,6,13,15-22,24-27H,3,5,7-12,14,23H2,1-2H3/b6-4+. The van der Waals surface area contributed by atoms with Crippen LogP contribution in [-0.2, 0) is 0 Å². The molecular weight excluding hydrogens is 517 g/mol. The summed E-state index contributed by atoms with van der Waals surface area (Å²) in [6, 6.07) is 15.4. The Balaban J connectivity index is 1.24. The van der Waals surface area contributed by atoms with Crippen LogP contribution in [0, 0.1) is 35.2 Å². The van der Waals surface area contributed by atoms with E-state index >= 15 is 4.39 Å². The van der Waals surface area contributed by atoms with Gasteiger partial charge in [-0.1, -0.05) is 68.0 Å². The summed E-state index contributed by atoms with van der Waals surface area (Å²) in [7, 11) is 0. The molecule has 2 aliphatic carbocycles. The molecule has 0 amide bonds. The fourth-order valence-corrected chi connectivity index (χ4v) is 6.60. The summed E-state index contributed by atoms with van der Waals surface area (Å²) < 4.78 is 50.1. The van der Waals surface area contributed by atoms with Crippen LogP contribution in [0.4, 0.5) is 13.2 Å². The lowest BCUT2D eigenvalue weighted by Gasteiger charge is -2.34. The largest absolute Gasteiger partial charge is 0.490 e. The molecule has 0 aliphatic heterocycles. The van der Waals surface area contributed by atoms with Gasteiger partial charge in [0.25, 0.3) is 0 Å². The molecule has 1 nitrogen and oxygen atoms in total. The molecule has 1 unspecified atom stereocenters. The molecule has 1 atom stereocenters. The Morgan fingerprint density at radius 2 is 1.46 bits per heavy atom. The highest BCUT2D eigenvalue weighted by Gasteiger charge is 2.28. The van der Waals surface area contributed by atoms with Gasteiger partial charge in [0.15, 0.2) is 11.6 Å². The van der Waals surface area contributed by atoms with Crippen LogP contribution in [0.3, 0.4) is 0 Å². The first-order valence-corrected chi connectivity index (χ1v) is 15.3.